The fourth-order valence-corrected chi connectivity index (χ4v) is 3.39. The summed E-state index contributed by atoms with van der Waals surface area (Å²) in [6.07, 6.45) is 1.56. The van der Waals surface area contributed by atoms with E-state index in [4.69, 9.17) is 9.15 Å². The van der Waals surface area contributed by atoms with E-state index in [1.54, 1.807) is 23.3 Å². The maximum absolute atomic E-state index is 14.1. The molecule has 1 atom stereocenters. The first kappa shape index (κ1) is 19.6. The summed E-state index contributed by atoms with van der Waals surface area (Å²) in [7, 11) is 0. The Morgan fingerprint density at radius 1 is 1.30 bits per heavy atom. The van der Waals surface area contributed by atoms with Crippen molar-refractivity contribution >= 4 is 5.91 Å². The monoisotopic (exact) mass is 374 g/mol. The predicted molar refractivity (Wildman–Crippen MR) is 101 cm³/mol. The van der Waals surface area contributed by atoms with E-state index in [1.165, 1.54) is 12.1 Å². The normalized spacial score (nSPS) is 18.0. The van der Waals surface area contributed by atoms with E-state index in [0.717, 1.165) is 18.8 Å². The second-order valence-electron chi connectivity index (χ2n) is 7.39. The lowest BCUT2D eigenvalue weighted by molar-refractivity contribution is -0.0453. The van der Waals surface area contributed by atoms with Gasteiger partial charge >= 0.3 is 0 Å². The molecule has 5 nitrogen and oxygen atoms in total. The van der Waals surface area contributed by atoms with Crippen LogP contribution in [0.1, 0.15) is 30.0 Å². The molecular weight excluding hydrogens is 347 g/mol. The maximum Gasteiger partial charge on any atom is 0.256 e. The Balaban J connectivity index is 1.66. The molecule has 0 radical (unpaired) electrons. The topological polar surface area (TPSA) is 45.9 Å². The number of halogens is 1. The standard InChI is InChI=1S/C21H27FN2O3/c1-16(2)12-24(21(25)19-7-3-4-8-20(19)22)15-18-14-23(9-11-27-18)13-17-6-5-10-26-17/h3-8,10,16,18H,9,11-15H2,1-2H3/t18-/m0/s1. The van der Waals surface area contributed by atoms with Gasteiger partial charge in [-0.1, -0.05) is 26.0 Å². The Morgan fingerprint density at radius 3 is 2.81 bits per heavy atom. The predicted octanol–water partition coefficient (Wildman–Crippen LogP) is 3.42. The van der Waals surface area contributed by atoms with Gasteiger partial charge in [-0.25, -0.2) is 4.39 Å². The summed E-state index contributed by atoms with van der Waals surface area (Å²) in [6.45, 7) is 7.96. The molecule has 1 aromatic carbocycles. The van der Waals surface area contributed by atoms with Gasteiger partial charge < -0.3 is 14.1 Å². The number of rotatable bonds is 7. The molecule has 0 aliphatic carbocycles. The molecule has 6 heteroatoms. The SMILES string of the molecule is CC(C)CN(C[C@@H]1CN(Cc2ccco2)CCO1)C(=O)c1ccccc1F. The Hall–Kier alpha value is -2.18. The average molecular weight is 374 g/mol. The van der Waals surface area contributed by atoms with Crippen LogP contribution in [-0.4, -0.2) is 54.6 Å². The van der Waals surface area contributed by atoms with Gasteiger partial charge in [0.05, 0.1) is 31.1 Å². The minimum Gasteiger partial charge on any atom is -0.468 e. The highest BCUT2D eigenvalue weighted by Gasteiger charge is 2.27. The third-order valence-electron chi connectivity index (χ3n) is 4.58. The van der Waals surface area contributed by atoms with E-state index in [0.29, 0.717) is 26.2 Å². The Morgan fingerprint density at radius 2 is 2.11 bits per heavy atom. The third kappa shape index (κ3) is 5.40. The first-order valence-corrected chi connectivity index (χ1v) is 9.43. The molecule has 2 aromatic rings. The van der Waals surface area contributed by atoms with Crippen molar-refractivity contribution in [2.75, 3.05) is 32.8 Å². The van der Waals surface area contributed by atoms with Crippen LogP contribution in [0.4, 0.5) is 4.39 Å². The number of ether oxygens (including phenoxy) is 1. The average Bonchev–Trinajstić information content (AvgIpc) is 3.14. The number of hydrogen-bond donors (Lipinski definition) is 0. The van der Waals surface area contributed by atoms with Gasteiger partial charge in [-0.05, 0) is 30.2 Å². The number of amides is 1. The highest BCUT2D eigenvalue weighted by molar-refractivity contribution is 5.94. The number of nitrogens with zero attached hydrogens (tertiary/aromatic N) is 2. The first-order chi connectivity index (χ1) is 13.0. The zero-order valence-corrected chi connectivity index (χ0v) is 15.9. The molecule has 1 saturated heterocycles. The molecule has 1 fully saturated rings. The van der Waals surface area contributed by atoms with E-state index in [2.05, 4.69) is 4.90 Å². The Labute approximate surface area is 159 Å². The van der Waals surface area contributed by atoms with Crippen LogP contribution in [0.5, 0.6) is 0 Å². The Bertz CT molecular complexity index is 733. The van der Waals surface area contributed by atoms with E-state index in [1.807, 2.05) is 26.0 Å². The summed E-state index contributed by atoms with van der Waals surface area (Å²) in [5.74, 6) is 0.425. The molecule has 0 bridgehead atoms. The quantitative estimate of drug-likeness (QED) is 0.745. The molecule has 1 aliphatic heterocycles. The van der Waals surface area contributed by atoms with Crippen LogP contribution >= 0.6 is 0 Å². The van der Waals surface area contributed by atoms with Gasteiger partial charge in [0.2, 0.25) is 0 Å². The van der Waals surface area contributed by atoms with E-state index in [-0.39, 0.29) is 23.5 Å². The third-order valence-corrected chi connectivity index (χ3v) is 4.58. The summed E-state index contributed by atoms with van der Waals surface area (Å²) in [6, 6.07) is 9.97. The van der Waals surface area contributed by atoms with Gasteiger partial charge in [0, 0.05) is 26.2 Å². The molecule has 0 saturated carbocycles. The van der Waals surface area contributed by atoms with Crippen LogP contribution in [0, 0.1) is 11.7 Å². The molecule has 3 rings (SSSR count). The second-order valence-corrected chi connectivity index (χ2v) is 7.39. The molecule has 2 heterocycles. The highest BCUT2D eigenvalue weighted by atomic mass is 19.1. The number of morpholine rings is 1. The first-order valence-electron chi connectivity index (χ1n) is 9.43. The molecule has 146 valence electrons. The van der Waals surface area contributed by atoms with Crippen LogP contribution in [0.15, 0.2) is 47.1 Å². The fourth-order valence-electron chi connectivity index (χ4n) is 3.39. The van der Waals surface area contributed by atoms with Crippen molar-refractivity contribution in [1.29, 1.82) is 0 Å². The number of carbonyl (C=O) groups is 1. The summed E-state index contributed by atoms with van der Waals surface area (Å²) in [5, 5.41) is 0. The number of carbonyl (C=O) groups excluding carboxylic acids is 1. The molecule has 1 aromatic heterocycles. The minimum absolute atomic E-state index is 0.108. The van der Waals surface area contributed by atoms with Gasteiger partial charge in [0.15, 0.2) is 0 Å². The van der Waals surface area contributed by atoms with Crippen LogP contribution in [0.25, 0.3) is 0 Å². The number of hydrogen-bond acceptors (Lipinski definition) is 4. The molecule has 0 N–H and O–H groups in total. The fraction of sp³-hybridized carbons (Fsp3) is 0.476. The highest BCUT2D eigenvalue weighted by Crippen LogP contribution is 2.16. The number of benzene rings is 1. The van der Waals surface area contributed by atoms with Crippen molar-refractivity contribution < 1.29 is 18.3 Å². The van der Waals surface area contributed by atoms with Gasteiger partial charge in [-0.2, -0.15) is 0 Å². The summed E-state index contributed by atoms with van der Waals surface area (Å²) in [5.41, 5.74) is 0.112. The van der Waals surface area contributed by atoms with E-state index in [9.17, 15) is 9.18 Å². The zero-order chi connectivity index (χ0) is 19.2. The van der Waals surface area contributed by atoms with Crippen molar-refractivity contribution in [3.63, 3.8) is 0 Å². The lowest BCUT2D eigenvalue weighted by Gasteiger charge is -2.36. The molecule has 1 aliphatic rings. The maximum atomic E-state index is 14.1. The molecule has 0 spiro atoms. The lowest BCUT2D eigenvalue weighted by Crippen LogP contribution is -2.49. The minimum atomic E-state index is -0.486. The molecular formula is C21H27FN2O3. The molecule has 1 amide bonds. The van der Waals surface area contributed by atoms with Gasteiger partial charge in [0.25, 0.3) is 5.91 Å². The van der Waals surface area contributed by atoms with E-state index < -0.39 is 5.82 Å². The van der Waals surface area contributed by atoms with Crippen molar-refractivity contribution in [3.05, 3.63) is 59.8 Å². The zero-order valence-electron chi connectivity index (χ0n) is 15.9. The smallest absolute Gasteiger partial charge is 0.256 e. The molecule has 0 unspecified atom stereocenters. The second kappa shape index (κ2) is 9.15. The van der Waals surface area contributed by atoms with Crippen LogP contribution in [-0.2, 0) is 11.3 Å². The molecule has 27 heavy (non-hydrogen) atoms. The van der Waals surface area contributed by atoms with Crippen molar-refractivity contribution in [2.24, 2.45) is 5.92 Å². The largest absolute Gasteiger partial charge is 0.468 e. The Kier molecular flexibility index (Phi) is 6.63. The summed E-state index contributed by atoms with van der Waals surface area (Å²) in [4.78, 5) is 16.9. The van der Waals surface area contributed by atoms with Crippen molar-refractivity contribution in [3.8, 4) is 0 Å². The summed E-state index contributed by atoms with van der Waals surface area (Å²) >= 11 is 0. The summed E-state index contributed by atoms with van der Waals surface area (Å²) < 4.78 is 25.4. The van der Waals surface area contributed by atoms with Crippen molar-refractivity contribution in [1.82, 2.24) is 9.80 Å². The van der Waals surface area contributed by atoms with Gasteiger partial charge in [-0.15, -0.1) is 0 Å². The van der Waals surface area contributed by atoms with Crippen LogP contribution in [0.2, 0.25) is 0 Å². The van der Waals surface area contributed by atoms with Crippen LogP contribution < -0.4 is 0 Å². The van der Waals surface area contributed by atoms with Gasteiger partial charge in [0.1, 0.15) is 11.6 Å². The lowest BCUT2D eigenvalue weighted by atomic mass is 10.1. The number of furan rings is 1. The van der Waals surface area contributed by atoms with Gasteiger partial charge in [-0.3, -0.25) is 9.69 Å². The van der Waals surface area contributed by atoms with Crippen molar-refractivity contribution in [2.45, 2.75) is 26.5 Å². The van der Waals surface area contributed by atoms with Crippen LogP contribution in [0.3, 0.4) is 0 Å². The van der Waals surface area contributed by atoms with E-state index >= 15 is 0 Å².